The summed E-state index contributed by atoms with van der Waals surface area (Å²) < 4.78 is 10.7. The average Bonchev–Trinajstić information content (AvgIpc) is 2.65. The number of nitrogens with one attached hydrogen (secondary N) is 1. The Morgan fingerprint density at radius 3 is 2.20 bits per heavy atom. The summed E-state index contributed by atoms with van der Waals surface area (Å²) in [5.74, 6) is 1.14. The molecule has 0 unspecified atom stereocenters. The Labute approximate surface area is 153 Å². The monoisotopic (exact) mass is 357 g/mol. The molecular formula is C20H23NO3S. The van der Waals surface area contributed by atoms with Crippen molar-refractivity contribution in [3.05, 3.63) is 59.7 Å². The molecular weight excluding hydrogens is 334 g/mol. The van der Waals surface area contributed by atoms with Gasteiger partial charge in [0.2, 0.25) is 5.91 Å². The topological polar surface area (TPSA) is 47.6 Å². The molecule has 5 heteroatoms. The third-order valence-corrected chi connectivity index (χ3v) is 4.59. The van der Waals surface area contributed by atoms with Crippen molar-refractivity contribution in [3.63, 3.8) is 0 Å². The van der Waals surface area contributed by atoms with E-state index >= 15 is 0 Å². The van der Waals surface area contributed by atoms with Crippen LogP contribution in [-0.2, 0) is 4.79 Å². The highest BCUT2D eigenvalue weighted by atomic mass is 32.2. The summed E-state index contributed by atoms with van der Waals surface area (Å²) >= 11 is 1.69. The Balaban J connectivity index is 2.07. The summed E-state index contributed by atoms with van der Waals surface area (Å²) in [5, 5.41) is 2.96. The number of hydrogen-bond donors (Lipinski definition) is 1. The minimum Gasteiger partial charge on any atom is -0.496 e. The predicted octanol–water partition coefficient (Wildman–Crippen LogP) is 4.32. The van der Waals surface area contributed by atoms with Crippen LogP contribution >= 0.6 is 11.8 Å². The molecule has 0 saturated carbocycles. The van der Waals surface area contributed by atoms with Crippen LogP contribution in [0.2, 0.25) is 0 Å². The van der Waals surface area contributed by atoms with Gasteiger partial charge in [-0.05, 0) is 49.1 Å². The van der Waals surface area contributed by atoms with E-state index < -0.39 is 0 Å². The number of carbonyl (C=O) groups excluding carboxylic acids is 1. The van der Waals surface area contributed by atoms with Crippen LogP contribution in [0.5, 0.6) is 11.5 Å². The van der Waals surface area contributed by atoms with Gasteiger partial charge in [-0.3, -0.25) is 4.79 Å². The highest BCUT2D eigenvalue weighted by Crippen LogP contribution is 2.29. The number of hydrogen-bond acceptors (Lipinski definition) is 4. The summed E-state index contributed by atoms with van der Waals surface area (Å²) in [4.78, 5) is 13.4. The zero-order valence-corrected chi connectivity index (χ0v) is 15.7. The number of rotatable bonds is 7. The van der Waals surface area contributed by atoms with E-state index in [-0.39, 0.29) is 11.9 Å². The Kier molecular flexibility index (Phi) is 6.95. The molecule has 0 aliphatic rings. The van der Waals surface area contributed by atoms with E-state index in [1.807, 2.05) is 43.5 Å². The van der Waals surface area contributed by atoms with Gasteiger partial charge in [0, 0.05) is 11.0 Å². The zero-order chi connectivity index (χ0) is 18.2. The Morgan fingerprint density at radius 2 is 1.68 bits per heavy atom. The molecule has 25 heavy (non-hydrogen) atoms. The van der Waals surface area contributed by atoms with E-state index in [1.54, 1.807) is 32.1 Å². The summed E-state index contributed by atoms with van der Waals surface area (Å²) in [7, 11) is 3.18. The molecule has 0 aromatic heterocycles. The lowest BCUT2D eigenvalue weighted by molar-refractivity contribution is -0.117. The van der Waals surface area contributed by atoms with Gasteiger partial charge in [-0.15, -0.1) is 11.8 Å². The maximum atomic E-state index is 12.2. The number of benzene rings is 2. The van der Waals surface area contributed by atoms with Crippen LogP contribution in [0.1, 0.15) is 24.1 Å². The lowest BCUT2D eigenvalue weighted by Crippen LogP contribution is -2.24. The van der Waals surface area contributed by atoms with Gasteiger partial charge in [-0.25, -0.2) is 0 Å². The number of carbonyl (C=O) groups is 1. The van der Waals surface area contributed by atoms with Crippen molar-refractivity contribution in [2.24, 2.45) is 0 Å². The van der Waals surface area contributed by atoms with E-state index in [4.69, 9.17) is 9.47 Å². The van der Waals surface area contributed by atoms with E-state index in [1.165, 1.54) is 11.0 Å². The van der Waals surface area contributed by atoms with E-state index in [9.17, 15) is 4.79 Å². The summed E-state index contributed by atoms with van der Waals surface area (Å²) in [6.45, 7) is 1.96. The van der Waals surface area contributed by atoms with Gasteiger partial charge >= 0.3 is 0 Å². The van der Waals surface area contributed by atoms with Gasteiger partial charge < -0.3 is 14.8 Å². The molecule has 2 aromatic rings. The summed E-state index contributed by atoms with van der Waals surface area (Å²) in [6, 6.07) is 13.6. The maximum Gasteiger partial charge on any atom is 0.244 e. The molecule has 1 amide bonds. The molecule has 0 radical (unpaired) electrons. The van der Waals surface area contributed by atoms with Crippen molar-refractivity contribution < 1.29 is 14.3 Å². The zero-order valence-electron chi connectivity index (χ0n) is 14.9. The highest BCUT2D eigenvalue weighted by Gasteiger charge is 2.10. The minimum absolute atomic E-state index is 0.0763. The Hall–Kier alpha value is -2.40. The fourth-order valence-electron chi connectivity index (χ4n) is 2.44. The van der Waals surface area contributed by atoms with Crippen LogP contribution in [0.25, 0.3) is 6.08 Å². The molecule has 132 valence electrons. The third kappa shape index (κ3) is 5.03. The lowest BCUT2D eigenvalue weighted by Gasteiger charge is -2.13. The van der Waals surface area contributed by atoms with Crippen LogP contribution in [0, 0.1) is 0 Å². The SMILES string of the molecule is COc1cccc(OC)c1/C=C/C(=O)N[C@@H](C)c1ccc(SC)cc1. The maximum absolute atomic E-state index is 12.2. The fourth-order valence-corrected chi connectivity index (χ4v) is 2.85. The molecule has 1 N–H and O–H groups in total. The molecule has 0 aliphatic carbocycles. The average molecular weight is 357 g/mol. The summed E-state index contributed by atoms with van der Waals surface area (Å²) in [6.07, 6.45) is 5.24. The molecule has 1 atom stereocenters. The van der Waals surface area contributed by atoms with Gasteiger partial charge in [0.1, 0.15) is 11.5 Å². The standard InChI is InChI=1S/C20H23NO3S/c1-14(15-8-10-16(25-4)11-9-15)21-20(22)13-12-17-18(23-2)6-5-7-19(17)24-3/h5-14H,1-4H3,(H,21,22)/b13-12+/t14-/m0/s1. The fraction of sp³-hybridized carbons (Fsp3) is 0.250. The number of amides is 1. The molecule has 0 spiro atoms. The molecule has 0 fully saturated rings. The van der Waals surface area contributed by atoms with Crippen molar-refractivity contribution in [1.29, 1.82) is 0 Å². The first kappa shape index (κ1) is 18.9. The van der Waals surface area contributed by atoms with Crippen molar-refractivity contribution in [3.8, 4) is 11.5 Å². The van der Waals surface area contributed by atoms with Crippen molar-refractivity contribution in [2.45, 2.75) is 17.9 Å². The first-order chi connectivity index (χ1) is 12.1. The van der Waals surface area contributed by atoms with E-state index in [0.717, 1.165) is 11.1 Å². The van der Waals surface area contributed by atoms with E-state index in [2.05, 4.69) is 17.4 Å². The van der Waals surface area contributed by atoms with E-state index in [0.29, 0.717) is 11.5 Å². The van der Waals surface area contributed by atoms with Gasteiger partial charge in [0.05, 0.1) is 25.8 Å². The van der Waals surface area contributed by atoms with Gasteiger partial charge in [0.15, 0.2) is 0 Å². The van der Waals surface area contributed by atoms with Crippen molar-refractivity contribution in [2.75, 3.05) is 20.5 Å². The quantitative estimate of drug-likeness (QED) is 0.592. The summed E-state index contributed by atoms with van der Waals surface area (Å²) in [5.41, 5.74) is 1.80. The van der Waals surface area contributed by atoms with Gasteiger partial charge in [0.25, 0.3) is 0 Å². The second kappa shape index (κ2) is 9.18. The molecule has 2 aromatic carbocycles. The molecule has 4 nitrogen and oxygen atoms in total. The lowest BCUT2D eigenvalue weighted by atomic mass is 10.1. The van der Waals surface area contributed by atoms with Crippen LogP contribution < -0.4 is 14.8 Å². The molecule has 0 heterocycles. The second-order valence-electron chi connectivity index (χ2n) is 5.41. The smallest absolute Gasteiger partial charge is 0.244 e. The molecule has 0 saturated heterocycles. The molecule has 2 rings (SSSR count). The first-order valence-corrected chi connectivity index (χ1v) is 9.15. The van der Waals surface area contributed by atoms with Crippen molar-refractivity contribution >= 4 is 23.7 Å². The van der Waals surface area contributed by atoms with Gasteiger partial charge in [-0.2, -0.15) is 0 Å². The van der Waals surface area contributed by atoms with Crippen LogP contribution in [0.15, 0.2) is 53.4 Å². The number of methoxy groups -OCH3 is 2. The first-order valence-electron chi connectivity index (χ1n) is 7.92. The Morgan fingerprint density at radius 1 is 1.08 bits per heavy atom. The largest absolute Gasteiger partial charge is 0.496 e. The second-order valence-corrected chi connectivity index (χ2v) is 6.29. The molecule has 0 aliphatic heterocycles. The van der Waals surface area contributed by atoms with Gasteiger partial charge in [-0.1, -0.05) is 18.2 Å². The van der Waals surface area contributed by atoms with Crippen LogP contribution in [-0.4, -0.2) is 26.4 Å². The van der Waals surface area contributed by atoms with Crippen LogP contribution in [0.3, 0.4) is 0 Å². The van der Waals surface area contributed by atoms with Crippen molar-refractivity contribution in [1.82, 2.24) is 5.32 Å². The minimum atomic E-state index is -0.172. The highest BCUT2D eigenvalue weighted by molar-refractivity contribution is 7.98. The number of thioether (sulfide) groups is 1. The Bertz CT molecular complexity index is 719. The molecule has 0 bridgehead atoms. The third-order valence-electron chi connectivity index (χ3n) is 3.84. The number of ether oxygens (including phenoxy) is 2. The predicted molar refractivity (Wildman–Crippen MR) is 103 cm³/mol. The normalized spacial score (nSPS) is 12.0. The van der Waals surface area contributed by atoms with Crippen LogP contribution in [0.4, 0.5) is 0 Å².